The lowest BCUT2D eigenvalue weighted by Gasteiger charge is -2.33. The van der Waals surface area contributed by atoms with Crippen molar-refractivity contribution in [3.63, 3.8) is 0 Å². The van der Waals surface area contributed by atoms with Gasteiger partial charge in [0.05, 0.1) is 17.6 Å². The van der Waals surface area contributed by atoms with E-state index in [1.165, 1.54) is 10.8 Å². The van der Waals surface area contributed by atoms with Gasteiger partial charge in [-0.25, -0.2) is 14.3 Å². The van der Waals surface area contributed by atoms with Crippen LogP contribution in [0, 0.1) is 11.7 Å². The molecule has 1 fully saturated rings. The van der Waals surface area contributed by atoms with E-state index in [-0.39, 0.29) is 11.8 Å². The van der Waals surface area contributed by atoms with E-state index in [1.54, 1.807) is 17.0 Å². The van der Waals surface area contributed by atoms with E-state index in [1.807, 2.05) is 26.8 Å². The van der Waals surface area contributed by atoms with E-state index >= 15 is 0 Å². The molecule has 0 aliphatic carbocycles. The zero-order chi connectivity index (χ0) is 23.5. The molecule has 0 unspecified atom stereocenters. The van der Waals surface area contributed by atoms with Gasteiger partial charge in [0, 0.05) is 45.2 Å². The Morgan fingerprint density at radius 1 is 1.30 bits per heavy atom. The highest BCUT2D eigenvalue weighted by Gasteiger charge is 2.23. The molecule has 0 spiro atoms. The Labute approximate surface area is 196 Å². The maximum Gasteiger partial charge on any atom is 0.415 e. The van der Waals surface area contributed by atoms with Crippen molar-refractivity contribution in [1.29, 1.82) is 0 Å². The van der Waals surface area contributed by atoms with Crippen LogP contribution in [0.25, 0.3) is 5.82 Å². The van der Waals surface area contributed by atoms with Crippen LogP contribution in [-0.2, 0) is 6.42 Å². The van der Waals surface area contributed by atoms with Crippen molar-refractivity contribution in [1.82, 2.24) is 29.5 Å². The predicted molar refractivity (Wildman–Crippen MR) is 123 cm³/mol. The van der Waals surface area contributed by atoms with Crippen LogP contribution in [0.15, 0.2) is 28.9 Å². The van der Waals surface area contributed by atoms with Crippen molar-refractivity contribution in [2.24, 2.45) is 0 Å². The maximum absolute atomic E-state index is 12.6. The molecule has 0 radical (unpaired) electrons. The summed E-state index contributed by atoms with van der Waals surface area (Å²) in [5.41, 5.74) is 1.53. The molecule has 0 bridgehead atoms. The van der Waals surface area contributed by atoms with E-state index in [4.69, 9.17) is 21.5 Å². The number of aromatic nitrogens is 4. The van der Waals surface area contributed by atoms with Crippen LogP contribution < -0.4 is 4.74 Å². The Morgan fingerprint density at radius 3 is 2.64 bits per heavy atom. The zero-order valence-electron chi connectivity index (χ0n) is 18.9. The van der Waals surface area contributed by atoms with Crippen molar-refractivity contribution in [3.8, 4) is 17.4 Å². The Kier molecular flexibility index (Phi) is 6.80. The molecular formula is C22H28N6O4S. The number of carbonyl (C=O) groups is 1. The highest BCUT2D eigenvalue weighted by Crippen LogP contribution is 2.27. The number of aromatic hydroxyl groups is 1. The molecule has 0 aromatic carbocycles. The summed E-state index contributed by atoms with van der Waals surface area (Å²) in [4.78, 5) is 23.9. The molecule has 4 heterocycles. The van der Waals surface area contributed by atoms with E-state index in [2.05, 4.69) is 20.0 Å². The number of hydrogen-bond donors (Lipinski definition) is 2. The van der Waals surface area contributed by atoms with E-state index in [9.17, 15) is 9.90 Å². The van der Waals surface area contributed by atoms with Crippen molar-refractivity contribution in [2.75, 3.05) is 32.7 Å². The minimum atomic E-state index is -0.404. The number of aromatic amines is 1. The molecule has 10 nitrogen and oxygen atoms in total. The van der Waals surface area contributed by atoms with Crippen LogP contribution in [0.5, 0.6) is 11.6 Å². The number of nitrogens with zero attached hydrogens (tertiary/aromatic N) is 5. The van der Waals surface area contributed by atoms with Crippen molar-refractivity contribution >= 4 is 18.3 Å². The second-order valence-electron chi connectivity index (χ2n) is 8.39. The first-order valence-corrected chi connectivity index (χ1v) is 11.3. The first kappa shape index (κ1) is 23.0. The molecular weight excluding hydrogens is 444 g/mol. The number of H-pyrrole nitrogens is 1. The topological polar surface area (TPSA) is 113 Å². The number of ether oxygens (including phenoxy) is 1. The minimum Gasteiger partial charge on any atom is -0.493 e. The van der Waals surface area contributed by atoms with Gasteiger partial charge in [0.2, 0.25) is 5.88 Å². The molecule has 0 saturated carbocycles. The van der Waals surface area contributed by atoms with Gasteiger partial charge < -0.3 is 24.3 Å². The molecule has 3 aromatic rings. The van der Waals surface area contributed by atoms with Gasteiger partial charge in [-0.2, -0.15) is 0 Å². The van der Waals surface area contributed by atoms with Gasteiger partial charge in [-0.3, -0.25) is 4.90 Å². The lowest BCUT2D eigenvalue weighted by atomic mass is 10.1. The fourth-order valence-corrected chi connectivity index (χ4v) is 4.04. The zero-order valence-corrected chi connectivity index (χ0v) is 19.8. The molecule has 2 N–H and O–H groups in total. The molecule has 176 valence electrons. The van der Waals surface area contributed by atoms with Crippen LogP contribution in [0.4, 0.5) is 4.79 Å². The SMILES string of the molecule is Cc1cc(CCN2CCN(C(=O)Oc3ccc(-n4c(O)c(C(C)C)[nH]c4=S)nc3)CC2)on1. The van der Waals surface area contributed by atoms with Gasteiger partial charge >= 0.3 is 6.09 Å². The summed E-state index contributed by atoms with van der Waals surface area (Å²) in [6, 6.07) is 5.24. The third-order valence-corrected chi connectivity index (χ3v) is 5.90. The normalized spacial score (nSPS) is 14.7. The van der Waals surface area contributed by atoms with Gasteiger partial charge in [-0.1, -0.05) is 19.0 Å². The number of imidazole rings is 1. The second kappa shape index (κ2) is 9.75. The highest BCUT2D eigenvalue weighted by molar-refractivity contribution is 7.71. The average molecular weight is 473 g/mol. The van der Waals surface area contributed by atoms with Crippen molar-refractivity contribution < 1.29 is 19.2 Å². The molecule has 1 aliphatic rings. The summed E-state index contributed by atoms with van der Waals surface area (Å²) < 4.78 is 12.6. The number of pyridine rings is 1. The second-order valence-corrected chi connectivity index (χ2v) is 8.78. The molecule has 0 atom stereocenters. The first-order chi connectivity index (χ1) is 15.8. The van der Waals surface area contributed by atoms with Crippen LogP contribution in [-0.4, -0.2) is 73.4 Å². The number of carbonyl (C=O) groups excluding carboxylic acids is 1. The smallest absolute Gasteiger partial charge is 0.415 e. The number of amides is 1. The maximum atomic E-state index is 12.6. The predicted octanol–water partition coefficient (Wildman–Crippen LogP) is 3.41. The molecule has 1 saturated heterocycles. The Bertz CT molecular complexity index is 1160. The van der Waals surface area contributed by atoms with Gasteiger partial charge in [0.15, 0.2) is 10.5 Å². The Balaban J connectivity index is 1.30. The molecule has 11 heteroatoms. The molecule has 3 aromatic heterocycles. The molecule has 1 aliphatic heterocycles. The lowest BCUT2D eigenvalue weighted by molar-refractivity contribution is 0.110. The Hall–Kier alpha value is -3.18. The Morgan fingerprint density at radius 2 is 2.06 bits per heavy atom. The summed E-state index contributed by atoms with van der Waals surface area (Å²) in [7, 11) is 0. The largest absolute Gasteiger partial charge is 0.493 e. The summed E-state index contributed by atoms with van der Waals surface area (Å²) >= 11 is 5.31. The van der Waals surface area contributed by atoms with Crippen molar-refractivity contribution in [2.45, 2.75) is 33.1 Å². The molecule has 33 heavy (non-hydrogen) atoms. The number of rotatable bonds is 6. The molecule has 4 rings (SSSR count). The number of nitrogens with one attached hydrogen (secondary N) is 1. The van der Waals surface area contributed by atoms with E-state index < -0.39 is 6.09 Å². The standard InChI is InChI=1S/C22H28N6O4S/c1-14(2)19-20(29)28(21(33)24-19)18-5-4-17(13-23-18)31-22(30)27-10-8-26(9-11-27)7-6-16-12-15(3)25-32-16/h4-5,12-14,29H,6-11H2,1-3H3,(H,24,33). The number of hydrogen-bond acceptors (Lipinski definition) is 8. The van der Waals surface area contributed by atoms with Crippen LogP contribution in [0.2, 0.25) is 0 Å². The summed E-state index contributed by atoms with van der Waals surface area (Å²) in [6.45, 7) is 9.38. The summed E-state index contributed by atoms with van der Waals surface area (Å²) in [5.74, 6) is 1.76. The van der Waals surface area contributed by atoms with Gasteiger partial charge in [0.1, 0.15) is 11.6 Å². The first-order valence-electron chi connectivity index (χ1n) is 10.9. The summed E-state index contributed by atoms with van der Waals surface area (Å²) in [6.07, 6.45) is 1.84. The van der Waals surface area contributed by atoms with Crippen molar-refractivity contribution in [3.05, 3.63) is 46.3 Å². The quantitative estimate of drug-likeness (QED) is 0.525. The third kappa shape index (κ3) is 5.25. The monoisotopic (exact) mass is 472 g/mol. The van der Waals surface area contributed by atoms with Gasteiger partial charge in [0.25, 0.3) is 0 Å². The summed E-state index contributed by atoms with van der Waals surface area (Å²) in [5, 5.41) is 14.4. The fourth-order valence-electron chi connectivity index (χ4n) is 3.75. The number of piperazine rings is 1. The minimum absolute atomic E-state index is 0.0311. The highest BCUT2D eigenvalue weighted by atomic mass is 32.1. The third-order valence-electron chi connectivity index (χ3n) is 5.61. The van der Waals surface area contributed by atoms with Gasteiger partial charge in [-0.15, -0.1) is 0 Å². The molecule has 1 amide bonds. The van der Waals surface area contributed by atoms with Gasteiger partial charge in [-0.05, 0) is 37.2 Å². The van der Waals surface area contributed by atoms with Crippen LogP contribution in [0.1, 0.15) is 36.9 Å². The van der Waals surface area contributed by atoms with Crippen LogP contribution in [0.3, 0.4) is 0 Å². The van der Waals surface area contributed by atoms with E-state index in [0.717, 1.165) is 37.5 Å². The van der Waals surface area contributed by atoms with Crippen LogP contribution >= 0.6 is 12.2 Å². The number of aryl methyl sites for hydroxylation is 1. The van der Waals surface area contributed by atoms with E-state index in [0.29, 0.717) is 35.1 Å². The average Bonchev–Trinajstić information content (AvgIpc) is 3.35. The lowest BCUT2D eigenvalue weighted by Crippen LogP contribution is -2.49. The fraction of sp³-hybridized carbons (Fsp3) is 0.455.